The van der Waals surface area contributed by atoms with Crippen molar-refractivity contribution in [2.45, 2.75) is 32.4 Å². The zero-order chi connectivity index (χ0) is 12.7. The molecule has 3 N–H and O–H groups in total. The van der Waals surface area contributed by atoms with Crippen molar-refractivity contribution in [3.63, 3.8) is 0 Å². The summed E-state index contributed by atoms with van der Waals surface area (Å²) in [5, 5.41) is 8.93. The molecule has 4 heteroatoms. The van der Waals surface area contributed by atoms with E-state index in [4.69, 9.17) is 10.8 Å². The lowest BCUT2D eigenvalue weighted by molar-refractivity contribution is 0.165. The van der Waals surface area contributed by atoms with E-state index >= 15 is 0 Å². The van der Waals surface area contributed by atoms with E-state index in [1.807, 2.05) is 19.2 Å². The maximum absolute atomic E-state index is 8.93. The smallest absolute Gasteiger partial charge is 0.0511 e. The number of aliphatic hydroxyl groups excluding tert-OH is 1. The molecule has 0 fully saturated rings. The molecule has 1 aromatic rings. The number of rotatable bonds is 7. The summed E-state index contributed by atoms with van der Waals surface area (Å²) in [4.78, 5) is 6.44. The van der Waals surface area contributed by atoms with Crippen molar-refractivity contribution in [3.8, 4) is 0 Å². The molecule has 2 unspecified atom stereocenters. The number of pyridine rings is 1. The Labute approximate surface area is 103 Å². The summed E-state index contributed by atoms with van der Waals surface area (Å²) < 4.78 is 0. The molecule has 0 saturated carbocycles. The van der Waals surface area contributed by atoms with Crippen molar-refractivity contribution < 1.29 is 5.11 Å². The first-order chi connectivity index (χ1) is 8.20. The molecule has 0 aliphatic heterocycles. The number of likely N-dealkylation sites (N-methyl/N-ethyl adjacent to an activating group) is 1. The molecule has 0 spiro atoms. The van der Waals surface area contributed by atoms with Gasteiger partial charge < -0.3 is 10.8 Å². The second kappa shape index (κ2) is 7.37. The molecular formula is C13H23N3O. The third kappa shape index (κ3) is 4.07. The summed E-state index contributed by atoms with van der Waals surface area (Å²) in [6, 6.07) is 4.20. The van der Waals surface area contributed by atoms with Gasteiger partial charge in [0.2, 0.25) is 0 Å². The minimum absolute atomic E-state index is 0.0397. The van der Waals surface area contributed by atoms with Gasteiger partial charge in [0.1, 0.15) is 0 Å². The van der Waals surface area contributed by atoms with Crippen LogP contribution < -0.4 is 5.73 Å². The minimum Gasteiger partial charge on any atom is -0.396 e. The number of aromatic nitrogens is 1. The van der Waals surface area contributed by atoms with Crippen molar-refractivity contribution >= 4 is 0 Å². The van der Waals surface area contributed by atoms with Crippen molar-refractivity contribution in [1.29, 1.82) is 0 Å². The molecule has 17 heavy (non-hydrogen) atoms. The Hall–Kier alpha value is -0.970. The molecule has 0 aliphatic rings. The number of nitrogens with zero attached hydrogens (tertiary/aromatic N) is 2. The van der Waals surface area contributed by atoms with E-state index in [0.717, 1.165) is 25.1 Å². The summed E-state index contributed by atoms with van der Waals surface area (Å²) in [5.41, 5.74) is 7.23. The van der Waals surface area contributed by atoms with Crippen LogP contribution >= 0.6 is 0 Å². The van der Waals surface area contributed by atoms with Crippen molar-refractivity contribution in [2.24, 2.45) is 5.73 Å². The molecule has 0 radical (unpaired) electrons. The third-order valence-electron chi connectivity index (χ3n) is 2.93. The summed E-state index contributed by atoms with van der Waals surface area (Å²) in [6.07, 6.45) is 4.42. The standard InChI is InChI=1S/C13H23N3O/c1-3-16(8-5-9-17)13(11(2)14)12-6-4-7-15-10-12/h4,6-7,10-11,13,17H,3,5,8-9,14H2,1-2H3. The van der Waals surface area contributed by atoms with Gasteiger partial charge in [0.15, 0.2) is 0 Å². The number of hydrogen-bond acceptors (Lipinski definition) is 4. The molecule has 1 rings (SSSR count). The lowest BCUT2D eigenvalue weighted by atomic mass is 10.0. The van der Waals surface area contributed by atoms with Crippen LogP contribution in [-0.2, 0) is 0 Å². The summed E-state index contributed by atoms with van der Waals surface area (Å²) in [5.74, 6) is 0. The van der Waals surface area contributed by atoms with Crippen LogP contribution in [0.3, 0.4) is 0 Å². The van der Waals surface area contributed by atoms with Gasteiger partial charge in [0.25, 0.3) is 0 Å². The average molecular weight is 237 g/mol. The second-order valence-electron chi connectivity index (χ2n) is 4.30. The Kier molecular flexibility index (Phi) is 6.11. The van der Waals surface area contributed by atoms with Crippen LogP contribution in [0, 0.1) is 0 Å². The van der Waals surface area contributed by atoms with E-state index in [-0.39, 0.29) is 18.7 Å². The summed E-state index contributed by atoms with van der Waals surface area (Å²) >= 11 is 0. The summed E-state index contributed by atoms with van der Waals surface area (Å²) in [7, 11) is 0. The lowest BCUT2D eigenvalue weighted by Gasteiger charge is -2.33. The quantitative estimate of drug-likeness (QED) is 0.747. The summed E-state index contributed by atoms with van der Waals surface area (Å²) in [6.45, 7) is 6.12. The highest BCUT2D eigenvalue weighted by Crippen LogP contribution is 2.22. The molecular weight excluding hydrogens is 214 g/mol. The van der Waals surface area contributed by atoms with E-state index in [1.165, 1.54) is 0 Å². The van der Waals surface area contributed by atoms with Gasteiger partial charge >= 0.3 is 0 Å². The zero-order valence-corrected chi connectivity index (χ0v) is 10.7. The van der Waals surface area contributed by atoms with Crippen molar-refractivity contribution in [3.05, 3.63) is 30.1 Å². The number of hydrogen-bond donors (Lipinski definition) is 2. The molecule has 0 aromatic carbocycles. The van der Waals surface area contributed by atoms with E-state index in [9.17, 15) is 0 Å². The topological polar surface area (TPSA) is 62.4 Å². The molecule has 1 aromatic heterocycles. The minimum atomic E-state index is 0.0397. The highest BCUT2D eigenvalue weighted by molar-refractivity contribution is 5.16. The third-order valence-corrected chi connectivity index (χ3v) is 2.93. The van der Waals surface area contributed by atoms with Gasteiger partial charge in [0, 0.05) is 31.6 Å². The van der Waals surface area contributed by atoms with E-state index in [2.05, 4.69) is 22.9 Å². The molecule has 1 heterocycles. The van der Waals surface area contributed by atoms with Gasteiger partial charge in [-0.15, -0.1) is 0 Å². The molecule has 0 bridgehead atoms. The Morgan fingerprint density at radius 1 is 1.53 bits per heavy atom. The zero-order valence-electron chi connectivity index (χ0n) is 10.7. The molecule has 0 amide bonds. The van der Waals surface area contributed by atoms with E-state index < -0.39 is 0 Å². The van der Waals surface area contributed by atoms with Crippen LogP contribution in [0.25, 0.3) is 0 Å². The molecule has 96 valence electrons. The van der Waals surface area contributed by atoms with Gasteiger partial charge in [-0.25, -0.2) is 0 Å². The average Bonchev–Trinajstić information content (AvgIpc) is 2.35. The van der Waals surface area contributed by atoms with Gasteiger partial charge in [-0.2, -0.15) is 0 Å². The lowest BCUT2D eigenvalue weighted by Crippen LogP contribution is -2.40. The van der Waals surface area contributed by atoms with Crippen LogP contribution in [0.4, 0.5) is 0 Å². The van der Waals surface area contributed by atoms with Gasteiger partial charge in [-0.1, -0.05) is 13.0 Å². The van der Waals surface area contributed by atoms with Gasteiger partial charge in [0.05, 0.1) is 6.04 Å². The molecule has 0 saturated heterocycles. The first-order valence-corrected chi connectivity index (χ1v) is 6.21. The SMILES string of the molecule is CCN(CCCO)C(c1cccnc1)C(C)N. The largest absolute Gasteiger partial charge is 0.396 e. The molecule has 0 aliphatic carbocycles. The van der Waals surface area contributed by atoms with Crippen LogP contribution in [-0.4, -0.2) is 40.7 Å². The Morgan fingerprint density at radius 3 is 2.76 bits per heavy atom. The highest BCUT2D eigenvalue weighted by atomic mass is 16.3. The maximum atomic E-state index is 8.93. The van der Waals surface area contributed by atoms with Crippen LogP contribution in [0.15, 0.2) is 24.5 Å². The predicted octanol–water partition coefficient (Wildman–Crippen LogP) is 1.17. The maximum Gasteiger partial charge on any atom is 0.0511 e. The fourth-order valence-electron chi connectivity index (χ4n) is 2.17. The molecule has 4 nitrogen and oxygen atoms in total. The van der Waals surface area contributed by atoms with Gasteiger partial charge in [-0.05, 0) is 31.5 Å². The first kappa shape index (κ1) is 14.1. The van der Waals surface area contributed by atoms with Crippen molar-refractivity contribution in [1.82, 2.24) is 9.88 Å². The first-order valence-electron chi connectivity index (χ1n) is 6.21. The second-order valence-corrected chi connectivity index (χ2v) is 4.30. The Bertz CT molecular complexity index is 303. The number of aliphatic hydroxyl groups is 1. The van der Waals surface area contributed by atoms with Crippen molar-refractivity contribution in [2.75, 3.05) is 19.7 Å². The predicted molar refractivity (Wildman–Crippen MR) is 69.6 cm³/mol. The van der Waals surface area contributed by atoms with Crippen LogP contribution in [0.1, 0.15) is 31.9 Å². The van der Waals surface area contributed by atoms with Gasteiger partial charge in [-0.3, -0.25) is 9.88 Å². The monoisotopic (exact) mass is 237 g/mol. The van der Waals surface area contributed by atoms with Crippen LogP contribution in [0.2, 0.25) is 0 Å². The fraction of sp³-hybridized carbons (Fsp3) is 0.615. The highest BCUT2D eigenvalue weighted by Gasteiger charge is 2.22. The normalized spacial score (nSPS) is 14.9. The fourth-order valence-corrected chi connectivity index (χ4v) is 2.17. The van der Waals surface area contributed by atoms with Crippen LogP contribution in [0.5, 0.6) is 0 Å². The Balaban J connectivity index is 2.83. The van der Waals surface area contributed by atoms with E-state index in [1.54, 1.807) is 6.20 Å². The number of nitrogens with two attached hydrogens (primary N) is 1. The van der Waals surface area contributed by atoms with E-state index in [0.29, 0.717) is 0 Å². The Morgan fingerprint density at radius 2 is 2.29 bits per heavy atom. The molecule has 2 atom stereocenters.